The Kier molecular flexibility index (Phi) is 4.59. The van der Waals surface area contributed by atoms with Crippen LogP contribution in [0, 0.1) is 0 Å². The van der Waals surface area contributed by atoms with Crippen LogP contribution in [0.5, 0.6) is 0 Å². The molecule has 0 unspecified atom stereocenters. The monoisotopic (exact) mass is 324 g/mol. The Morgan fingerprint density at radius 1 is 1.29 bits per heavy atom. The molecule has 0 aliphatic rings. The number of carbonyl (C=O) groups is 1. The third-order valence-electron chi connectivity index (χ3n) is 2.79. The number of benzene rings is 1. The van der Waals surface area contributed by atoms with Gasteiger partial charge in [-0.3, -0.25) is 9.52 Å². The molecule has 0 atom stereocenters. The van der Waals surface area contributed by atoms with E-state index in [9.17, 15) is 13.2 Å². The van der Waals surface area contributed by atoms with Crippen molar-refractivity contribution < 1.29 is 13.2 Å². The Bertz CT molecular complexity index is 775. The highest BCUT2D eigenvalue weighted by Gasteiger charge is 2.17. The maximum atomic E-state index is 12.3. The van der Waals surface area contributed by atoms with E-state index < -0.39 is 10.0 Å². The van der Waals surface area contributed by atoms with Gasteiger partial charge in [0.25, 0.3) is 10.0 Å². The van der Waals surface area contributed by atoms with Gasteiger partial charge in [0.05, 0.1) is 10.6 Å². The smallest absolute Gasteiger partial charge is 0.262 e. The van der Waals surface area contributed by atoms with Gasteiger partial charge >= 0.3 is 0 Å². The van der Waals surface area contributed by atoms with Crippen LogP contribution in [-0.2, 0) is 10.0 Å². The fourth-order valence-electron chi connectivity index (χ4n) is 1.71. The molecule has 0 fully saturated rings. The van der Waals surface area contributed by atoms with Crippen LogP contribution >= 0.6 is 11.6 Å². The van der Waals surface area contributed by atoms with Gasteiger partial charge in [-0.1, -0.05) is 30.7 Å². The quantitative estimate of drug-likeness (QED) is 0.677. The number of hydrogen-bond donors (Lipinski definition) is 1. The minimum absolute atomic E-state index is 0.00159. The highest BCUT2D eigenvalue weighted by Crippen LogP contribution is 2.22. The van der Waals surface area contributed by atoms with Crippen LogP contribution in [-0.4, -0.2) is 19.2 Å². The first kappa shape index (κ1) is 15.5. The predicted molar refractivity (Wildman–Crippen MR) is 81.1 cm³/mol. The van der Waals surface area contributed by atoms with E-state index in [0.717, 1.165) is 0 Å². The molecule has 110 valence electrons. The molecule has 0 amide bonds. The summed E-state index contributed by atoms with van der Waals surface area (Å²) >= 11 is 5.83. The molecule has 1 heterocycles. The zero-order valence-corrected chi connectivity index (χ0v) is 12.8. The second-order valence-electron chi connectivity index (χ2n) is 4.25. The molecule has 0 saturated heterocycles. The molecule has 5 nitrogen and oxygen atoms in total. The molecule has 1 aromatic heterocycles. The number of rotatable bonds is 5. The van der Waals surface area contributed by atoms with E-state index in [-0.39, 0.29) is 21.5 Å². The molecule has 0 aliphatic carbocycles. The van der Waals surface area contributed by atoms with Crippen LogP contribution in [0.25, 0.3) is 0 Å². The van der Waals surface area contributed by atoms with Crippen molar-refractivity contribution in [2.75, 3.05) is 4.72 Å². The Morgan fingerprint density at radius 3 is 2.71 bits per heavy atom. The lowest BCUT2D eigenvalue weighted by atomic mass is 10.1. The first-order valence-corrected chi connectivity index (χ1v) is 8.06. The summed E-state index contributed by atoms with van der Waals surface area (Å²) in [5, 5.41) is 0.0573. The topological polar surface area (TPSA) is 76.1 Å². The molecule has 0 radical (unpaired) electrons. The first-order valence-electron chi connectivity index (χ1n) is 6.20. The van der Waals surface area contributed by atoms with Crippen molar-refractivity contribution in [1.82, 2.24) is 4.98 Å². The van der Waals surface area contributed by atoms with Crippen molar-refractivity contribution in [3.8, 4) is 0 Å². The van der Waals surface area contributed by atoms with E-state index in [1.807, 2.05) is 0 Å². The maximum absolute atomic E-state index is 12.3. The molecule has 0 aliphatic heterocycles. The number of pyridine rings is 1. The van der Waals surface area contributed by atoms with Crippen molar-refractivity contribution in [2.24, 2.45) is 0 Å². The molecule has 2 aromatic rings. The van der Waals surface area contributed by atoms with Gasteiger partial charge in [-0.15, -0.1) is 0 Å². The van der Waals surface area contributed by atoms with Gasteiger partial charge < -0.3 is 0 Å². The maximum Gasteiger partial charge on any atom is 0.262 e. The summed E-state index contributed by atoms with van der Waals surface area (Å²) < 4.78 is 27.0. The van der Waals surface area contributed by atoms with Crippen LogP contribution in [0.15, 0.2) is 47.5 Å². The highest BCUT2D eigenvalue weighted by atomic mass is 35.5. The molecule has 21 heavy (non-hydrogen) atoms. The molecule has 0 spiro atoms. The lowest BCUT2D eigenvalue weighted by Crippen LogP contribution is -2.14. The number of halogens is 1. The molecule has 0 saturated carbocycles. The second-order valence-corrected chi connectivity index (χ2v) is 6.29. The zero-order chi connectivity index (χ0) is 15.5. The molecule has 7 heteroatoms. The van der Waals surface area contributed by atoms with Gasteiger partial charge in [-0.2, -0.15) is 0 Å². The summed E-state index contributed by atoms with van der Waals surface area (Å²) in [6.45, 7) is 1.72. The van der Waals surface area contributed by atoms with Gasteiger partial charge in [0, 0.05) is 18.2 Å². The fraction of sp³-hybridized carbons (Fsp3) is 0.143. The highest BCUT2D eigenvalue weighted by molar-refractivity contribution is 7.92. The van der Waals surface area contributed by atoms with Crippen LogP contribution < -0.4 is 4.72 Å². The normalized spacial score (nSPS) is 11.1. The van der Waals surface area contributed by atoms with Crippen molar-refractivity contribution in [1.29, 1.82) is 0 Å². The van der Waals surface area contributed by atoms with Crippen molar-refractivity contribution in [2.45, 2.75) is 18.2 Å². The Hall–Kier alpha value is -1.92. The zero-order valence-electron chi connectivity index (χ0n) is 11.2. The number of nitrogens with zero attached hydrogens (tertiary/aromatic N) is 1. The molecule has 2 rings (SSSR count). The molecule has 0 bridgehead atoms. The van der Waals surface area contributed by atoms with Crippen LogP contribution in [0.3, 0.4) is 0 Å². The molecular weight excluding hydrogens is 312 g/mol. The molecule has 1 aromatic carbocycles. The van der Waals surface area contributed by atoms with Gasteiger partial charge in [0.1, 0.15) is 0 Å². The summed E-state index contributed by atoms with van der Waals surface area (Å²) in [6, 6.07) is 8.95. The number of aromatic nitrogens is 1. The minimum Gasteiger partial charge on any atom is -0.294 e. The molecule has 1 N–H and O–H groups in total. The average molecular weight is 325 g/mol. The predicted octanol–water partition coefficient (Wildman–Crippen LogP) is 3.13. The number of sulfonamides is 1. The summed E-state index contributed by atoms with van der Waals surface area (Å²) in [7, 11) is -3.83. The summed E-state index contributed by atoms with van der Waals surface area (Å²) in [6.07, 6.45) is 1.77. The van der Waals surface area contributed by atoms with Crippen molar-refractivity contribution in [3.05, 3.63) is 53.3 Å². The van der Waals surface area contributed by atoms with Gasteiger partial charge in [-0.25, -0.2) is 13.4 Å². The number of carbonyl (C=O) groups excluding carboxylic acids is 1. The third-order valence-corrected chi connectivity index (χ3v) is 4.46. The minimum atomic E-state index is -3.83. The average Bonchev–Trinajstić information content (AvgIpc) is 2.49. The van der Waals surface area contributed by atoms with Crippen LogP contribution in [0.1, 0.15) is 23.7 Å². The Labute approximate surface area is 128 Å². The summed E-state index contributed by atoms with van der Waals surface area (Å²) in [4.78, 5) is 15.5. The van der Waals surface area contributed by atoms with Crippen molar-refractivity contribution >= 4 is 33.1 Å². The van der Waals surface area contributed by atoms with Crippen LogP contribution in [0.4, 0.5) is 5.69 Å². The van der Waals surface area contributed by atoms with Gasteiger partial charge in [0.2, 0.25) is 0 Å². The number of ketones is 1. The Morgan fingerprint density at radius 2 is 2.05 bits per heavy atom. The van der Waals surface area contributed by atoms with E-state index in [0.29, 0.717) is 12.0 Å². The first-order chi connectivity index (χ1) is 9.94. The number of hydrogen-bond acceptors (Lipinski definition) is 4. The van der Waals surface area contributed by atoms with E-state index in [4.69, 9.17) is 11.6 Å². The summed E-state index contributed by atoms with van der Waals surface area (Å²) in [5.74, 6) is -0.119. The fourth-order valence-corrected chi connectivity index (χ4v) is 3.04. The van der Waals surface area contributed by atoms with Gasteiger partial charge in [0.15, 0.2) is 10.9 Å². The number of Topliss-reactive ketones (excluding diaryl/α,β-unsaturated/α-hetero) is 1. The van der Waals surface area contributed by atoms with E-state index >= 15 is 0 Å². The Balaban J connectivity index is 2.36. The van der Waals surface area contributed by atoms with Crippen molar-refractivity contribution in [3.63, 3.8) is 0 Å². The largest absolute Gasteiger partial charge is 0.294 e. The lowest BCUT2D eigenvalue weighted by Gasteiger charge is -2.09. The SMILES string of the molecule is CCC(=O)c1cccc(S(=O)(=O)Nc2cccnc2Cl)c1. The van der Waals surface area contributed by atoms with E-state index in [2.05, 4.69) is 9.71 Å². The standard InChI is InChI=1S/C14H13ClN2O3S/c1-2-13(18)10-5-3-6-11(9-10)21(19,20)17-12-7-4-8-16-14(12)15/h3-9,17H,2H2,1H3. The number of nitrogens with one attached hydrogen (secondary N) is 1. The lowest BCUT2D eigenvalue weighted by molar-refractivity contribution is 0.0988. The third kappa shape index (κ3) is 3.59. The van der Waals surface area contributed by atoms with Crippen LogP contribution in [0.2, 0.25) is 5.15 Å². The van der Waals surface area contributed by atoms with Gasteiger partial charge in [-0.05, 0) is 24.3 Å². The second kappa shape index (κ2) is 6.24. The molecular formula is C14H13ClN2O3S. The van der Waals surface area contributed by atoms with E-state index in [1.165, 1.54) is 30.5 Å². The number of anilines is 1. The summed E-state index contributed by atoms with van der Waals surface area (Å²) in [5.41, 5.74) is 0.545. The van der Waals surface area contributed by atoms with E-state index in [1.54, 1.807) is 19.1 Å².